The summed E-state index contributed by atoms with van der Waals surface area (Å²) in [5.74, 6) is -10.6. The average Bonchev–Trinajstić information content (AvgIpc) is 2.70. The smallest absolute Gasteiger partial charge is 0.200 e. The molecule has 0 bridgehead atoms. The molecule has 0 aromatic heterocycles. The molecule has 0 amide bonds. The third-order valence-electron chi connectivity index (χ3n) is 4.24. The SMILES string of the molecule is C=Cc1ccccc1-c1ccccc1C(O)c1c(F)c(F)c(F)c(F)c1F. The largest absolute Gasteiger partial charge is 0.383 e. The van der Waals surface area contributed by atoms with Crippen LogP contribution in [0.4, 0.5) is 22.0 Å². The summed E-state index contributed by atoms with van der Waals surface area (Å²) in [4.78, 5) is 0. The Kier molecular flexibility index (Phi) is 5.10. The van der Waals surface area contributed by atoms with Gasteiger partial charge in [0.05, 0.1) is 5.56 Å². The number of halogens is 5. The molecule has 0 aliphatic carbocycles. The van der Waals surface area contributed by atoms with E-state index in [2.05, 4.69) is 6.58 Å². The van der Waals surface area contributed by atoms with E-state index >= 15 is 0 Å². The Morgan fingerprint density at radius 3 is 1.78 bits per heavy atom. The van der Waals surface area contributed by atoms with Crippen LogP contribution in [0.3, 0.4) is 0 Å². The van der Waals surface area contributed by atoms with Gasteiger partial charge in [0.2, 0.25) is 5.82 Å². The molecule has 0 fully saturated rings. The topological polar surface area (TPSA) is 20.2 Å². The molecule has 3 aromatic carbocycles. The average molecular weight is 376 g/mol. The predicted molar refractivity (Wildman–Crippen MR) is 92.3 cm³/mol. The van der Waals surface area contributed by atoms with Gasteiger partial charge >= 0.3 is 0 Å². The van der Waals surface area contributed by atoms with Gasteiger partial charge in [-0.3, -0.25) is 0 Å². The van der Waals surface area contributed by atoms with Crippen LogP contribution in [0.2, 0.25) is 0 Å². The van der Waals surface area contributed by atoms with Crippen molar-refractivity contribution in [3.05, 3.63) is 101 Å². The van der Waals surface area contributed by atoms with Crippen molar-refractivity contribution in [3.63, 3.8) is 0 Å². The monoisotopic (exact) mass is 376 g/mol. The highest BCUT2D eigenvalue weighted by atomic mass is 19.2. The lowest BCUT2D eigenvalue weighted by Gasteiger charge is -2.19. The highest BCUT2D eigenvalue weighted by Gasteiger charge is 2.31. The highest BCUT2D eigenvalue weighted by Crippen LogP contribution is 2.37. The number of aliphatic hydroxyl groups is 1. The molecule has 0 spiro atoms. The summed E-state index contributed by atoms with van der Waals surface area (Å²) in [5.41, 5.74) is 0.343. The van der Waals surface area contributed by atoms with Crippen molar-refractivity contribution in [3.8, 4) is 11.1 Å². The lowest BCUT2D eigenvalue weighted by Crippen LogP contribution is -2.13. The Balaban J connectivity index is 2.25. The molecule has 1 unspecified atom stereocenters. The zero-order chi connectivity index (χ0) is 19.7. The van der Waals surface area contributed by atoms with Gasteiger partial charge in [0.15, 0.2) is 23.3 Å². The van der Waals surface area contributed by atoms with Crippen LogP contribution < -0.4 is 0 Å². The van der Waals surface area contributed by atoms with Gasteiger partial charge in [-0.2, -0.15) is 0 Å². The van der Waals surface area contributed by atoms with E-state index in [1.807, 2.05) is 0 Å². The Labute approximate surface area is 152 Å². The molecule has 0 saturated heterocycles. The van der Waals surface area contributed by atoms with Gasteiger partial charge in [-0.25, -0.2) is 22.0 Å². The summed E-state index contributed by atoms with van der Waals surface area (Å²) in [6.45, 7) is 3.69. The normalized spacial score (nSPS) is 12.1. The molecule has 1 N–H and O–H groups in total. The fourth-order valence-electron chi connectivity index (χ4n) is 2.92. The number of aliphatic hydroxyl groups excluding tert-OH is 1. The van der Waals surface area contributed by atoms with Gasteiger partial charge in [-0.05, 0) is 22.3 Å². The van der Waals surface area contributed by atoms with Crippen molar-refractivity contribution >= 4 is 6.08 Å². The van der Waals surface area contributed by atoms with Crippen molar-refractivity contribution < 1.29 is 27.1 Å². The van der Waals surface area contributed by atoms with Crippen molar-refractivity contribution in [1.29, 1.82) is 0 Å². The molecule has 138 valence electrons. The van der Waals surface area contributed by atoms with Gasteiger partial charge in [0.25, 0.3) is 0 Å². The highest BCUT2D eigenvalue weighted by molar-refractivity contribution is 5.77. The maximum absolute atomic E-state index is 14.1. The Morgan fingerprint density at radius 1 is 0.704 bits per heavy atom. The molecule has 0 radical (unpaired) electrons. The molecule has 0 aliphatic heterocycles. The van der Waals surface area contributed by atoms with Crippen LogP contribution in [0.1, 0.15) is 22.8 Å². The number of benzene rings is 3. The molecule has 3 aromatic rings. The van der Waals surface area contributed by atoms with Crippen LogP contribution >= 0.6 is 0 Å². The van der Waals surface area contributed by atoms with Crippen LogP contribution in [0.5, 0.6) is 0 Å². The van der Waals surface area contributed by atoms with E-state index in [4.69, 9.17) is 0 Å². The lowest BCUT2D eigenvalue weighted by atomic mass is 9.90. The number of rotatable bonds is 4. The maximum atomic E-state index is 14.1. The van der Waals surface area contributed by atoms with E-state index in [0.717, 1.165) is 0 Å². The van der Waals surface area contributed by atoms with E-state index in [1.54, 1.807) is 42.5 Å². The molecular formula is C21H13F5O. The first-order chi connectivity index (χ1) is 12.9. The summed E-state index contributed by atoms with van der Waals surface area (Å²) in [6.07, 6.45) is -0.514. The Bertz CT molecular complexity index is 1000. The molecule has 27 heavy (non-hydrogen) atoms. The quantitative estimate of drug-likeness (QED) is 0.348. The standard InChI is InChI=1S/C21H13F5O/c1-2-11-7-3-4-8-12(11)13-9-5-6-10-14(13)21(27)15-16(22)18(24)20(26)19(25)17(15)23/h2-10,21,27H,1H2. The minimum atomic E-state index is -2.27. The van der Waals surface area contributed by atoms with Crippen molar-refractivity contribution in [2.75, 3.05) is 0 Å². The lowest BCUT2D eigenvalue weighted by molar-refractivity contribution is 0.203. The summed E-state index contributed by atoms with van der Waals surface area (Å²) in [7, 11) is 0. The van der Waals surface area contributed by atoms with Crippen LogP contribution in [-0.2, 0) is 0 Å². The fraction of sp³-hybridized carbons (Fsp3) is 0.0476. The predicted octanol–water partition coefficient (Wildman–Crippen LogP) is 5.77. The molecule has 0 aliphatic rings. The molecule has 1 atom stereocenters. The summed E-state index contributed by atoms with van der Waals surface area (Å²) in [6, 6.07) is 13.0. The minimum absolute atomic E-state index is 0.00462. The van der Waals surface area contributed by atoms with Gasteiger partial charge in [-0.15, -0.1) is 0 Å². The second-order valence-corrected chi connectivity index (χ2v) is 5.76. The van der Waals surface area contributed by atoms with Gasteiger partial charge in [-0.1, -0.05) is 61.2 Å². The maximum Gasteiger partial charge on any atom is 0.200 e. The van der Waals surface area contributed by atoms with Crippen molar-refractivity contribution in [2.45, 2.75) is 6.10 Å². The van der Waals surface area contributed by atoms with Gasteiger partial charge < -0.3 is 5.11 Å². The third-order valence-corrected chi connectivity index (χ3v) is 4.24. The third kappa shape index (κ3) is 3.13. The first-order valence-corrected chi connectivity index (χ1v) is 7.88. The molecular weight excluding hydrogens is 363 g/mol. The Hall–Kier alpha value is -2.99. The Morgan fingerprint density at radius 2 is 1.19 bits per heavy atom. The molecule has 0 saturated carbocycles. The zero-order valence-electron chi connectivity index (χ0n) is 13.8. The summed E-state index contributed by atoms with van der Waals surface area (Å²) < 4.78 is 68.6. The number of hydrogen-bond acceptors (Lipinski definition) is 1. The molecule has 6 heteroatoms. The van der Waals surface area contributed by atoms with E-state index in [0.29, 0.717) is 16.7 Å². The summed E-state index contributed by atoms with van der Waals surface area (Å²) >= 11 is 0. The van der Waals surface area contributed by atoms with Crippen molar-refractivity contribution in [2.24, 2.45) is 0 Å². The minimum Gasteiger partial charge on any atom is -0.383 e. The van der Waals surface area contributed by atoms with Gasteiger partial charge in [0.1, 0.15) is 6.10 Å². The van der Waals surface area contributed by atoms with Crippen LogP contribution in [0.25, 0.3) is 17.2 Å². The van der Waals surface area contributed by atoms with E-state index in [9.17, 15) is 27.1 Å². The zero-order valence-corrected chi connectivity index (χ0v) is 13.8. The fourth-order valence-corrected chi connectivity index (χ4v) is 2.92. The van der Waals surface area contributed by atoms with Crippen LogP contribution in [-0.4, -0.2) is 5.11 Å². The van der Waals surface area contributed by atoms with Gasteiger partial charge in [0, 0.05) is 0 Å². The second kappa shape index (κ2) is 7.32. The molecule has 1 nitrogen and oxygen atoms in total. The summed E-state index contributed by atoms with van der Waals surface area (Å²) in [5, 5.41) is 10.5. The first kappa shape index (κ1) is 18.8. The first-order valence-electron chi connectivity index (χ1n) is 7.88. The molecule has 0 heterocycles. The van der Waals surface area contributed by atoms with Crippen LogP contribution in [0, 0.1) is 29.1 Å². The van der Waals surface area contributed by atoms with E-state index in [1.165, 1.54) is 12.1 Å². The van der Waals surface area contributed by atoms with E-state index in [-0.39, 0.29) is 5.56 Å². The number of hydrogen-bond donors (Lipinski definition) is 1. The van der Waals surface area contributed by atoms with E-state index < -0.39 is 40.8 Å². The molecule has 3 rings (SSSR count). The van der Waals surface area contributed by atoms with Crippen molar-refractivity contribution in [1.82, 2.24) is 0 Å². The van der Waals surface area contributed by atoms with Crippen LogP contribution in [0.15, 0.2) is 55.1 Å². The second-order valence-electron chi connectivity index (χ2n) is 5.76.